The summed E-state index contributed by atoms with van der Waals surface area (Å²) in [6, 6.07) is 3.18. The number of benzene rings is 1. The molecule has 1 heterocycles. The summed E-state index contributed by atoms with van der Waals surface area (Å²) in [4.78, 5) is 11.8. The number of phenolic OH excluding ortho intramolecular Hbond substituents is 1. The fourth-order valence-electron chi connectivity index (χ4n) is 2.03. The van der Waals surface area contributed by atoms with Gasteiger partial charge in [-0.15, -0.1) is 0 Å². The molecular weight excluding hydrogens is 232 g/mol. The number of aryl methyl sites for hydroxylation is 1. The van der Waals surface area contributed by atoms with Crippen LogP contribution in [0, 0.1) is 13.8 Å². The summed E-state index contributed by atoms with van der Waals surface area (Å²) in [5.41, 5.74) is 1.11. The van der Waals surface area contributed by atoms with E-state index in [4.69, 9.17) is 4.42 Å². The molecule has 1 aromatic heterocycles. The van der Waals surface area contributed by atoms with Crippen LogP contribution in [0.1, 0.15) is 23.8 Å². The zero-order valence-corrected chi connectivity index (χ0v) is 10.7. The zero-order valence-electron chi connectivity index (χ0n) is 10.7. The first-order valence-corrected chi connectivity index (χ1v) is 5.84. The largest absolute Gasteiger partial charge is 0.508 e. The van der Waals surface area contributed by atoms with Gasteiger partial charge in [-0.05, 0) is 49.4 Å². The summed E-state index contributed by atoms with van der Waals surface area (Å²) in [5, 5.41) is 20.2. The average molecular weight is 248 g/mol. The topological polar surface area (TPSA) is 70.7 Å². The molecule has 0 amide bonds. The summed E-state index contributed by atoms with van der Waals surface area (Å²) in [5.74, 6) is 0.547. The molecule has 1 aromatic carbocycles. The van der Waals surface area contributed by atoms with Gasteiger partial charge in [-0.1, -0.05) is 0 Å². The van der Waals surface area contributed by atoms with Crippen molar-refractivity contribution in [2.24, 2.45) is 0 Å². The van der Waals surface area contributed by atoms with E-state index in [2.05, 4.69) is 0 Å². The van der Waals surface area contributed by atoms with Crippen LogP contribution >= 0.6 is 0 Å². The quantitative estimate of drug-likeness (QED) is 0.853. The highest BCUT2D eigenvalue weighted by atomic mass is 16.4. The van der Waals surface area contributed by atoms with Gasteiger partial charge in [0, 0.05) is 6.42 Å². The van der Waals surface area contributed by atoms with Crippen LogP contribution in [-0.4, -0.2) is 16.3 Å². The summed E-state index contributed by atoms with van der Waals surface area (Å²) >= 11 is 0. The van der Waals surface area contributed by atoms with Gasteiger partial charge in [0.25, 0.3) is 0 Å². The number of aromatic hydroxyl groups is 1. The molecule has 0 spiro atoms. The van der Waals surface area contributed by atoms with Crippen molar-refractivity contribution in [3.8, 4) is 5.75 Å². The molecule has 0 aliphatic carbocycles. The molecule has 0 saturated heterocycles. The van der Waals surface area contributed by atoms with Crippen molar-refractivity contribution in [3.05, 3.63) is 39.4 Å². The zero-order chi connectivity index (χ0) is 13.4. The van der Waals surface area contributed by atoms with Crippen LogP contribution in [0.4, 0.5) is 0 Å². The number of rotatable bonds is 2. The van der Waals surface area contributed by atoms with Gasteiger partial charge in [0.15, 0.2) is 0 Å². The Kier molecular flexibility index (Phi) is 3.13. The number of hydrogen-bond acceptors (Lipinski definition) is 4. The standard InChI is InChI=1S/C14H16O4/c1-7(15)4-10-5-11-8(2)9(3)13(16)6-12(11)14(17)18-10/h5-7,15-16H,4H2,1-3H3. The fourth-order valence-corrected chi connectivity index (χ4v) is 2.03. The molecule has 2 N–H and O–H groups in total. The molecule has 4 nitrogen and oxygen atoms in total. The van der Waals surface area contributed by atoms with Gasteiger partial charge < -0.3 is 14.6 Å². The lowest BCUT2D eigenvalue weighted by atomic mass is 10.0. The summed E-state index contributed by atoms with van der Waals surface area (Å²) in [6.07, 6.45) is -0.269. The lowest BCUT2D eigenvalue weighted by Crippen LogP contribution is -2.09. The molecule has 0 aliphatic rings. The number of hydrogen-bond donors (Lipinski definition) is 2. The maximum Gasteiger partial charge on any atom is 0.343 e. The Morgan fingerprint density at radius 2 is 1.89 bits per heavy atom. The van der Waals surface area contributed by atoms with E-state index >= 15 is 0 Å². The third-order valence-electron chi connectivity index (χ3n) is 3.17. The average Bonchev–Trinajstić information content (AvgIpc) is 2.27. The van der Waals surface area contributed by atoms with E-state index in [1.807, 2.05) is 6.92 Å². The van der Waals surface area contributed by atoms with E-state index in [9.17, 15) is 15.0 Å². The highest BCUT2D eigenvalue weighted by Crippen LogP contribution is 2.28. The summed E-state index contributed by atoms with van der Waals surface area (Å²) < 4.78 is 5.12. The molecular formula is C14H16O4. The van der Waals surface area contributed by atoms with Crippen LogP contribution in [0.5, 0.6) is 5.75 Å². The second-order valence-electron chi connectivity index (χ2n) is 4.66. The molecule has 2 rings (SSSR count). The molecule has 0 saturated carbocycles. The highest BCUT2D eigenvalue weighted by molar-refractivity contribution is 5.87. The van der Waals surface area contributed by atoms with E-state index in [-0.39, 0.29) is 5.75 Å². The van der Waals surface area contributed by atoms with E-state index < -0.39 is 11.7 Å². The third-order valence-corrected chi connectivity index (χ3v) is 3.17. The van der Waals surface area contributed by atoms with Crippen LogP contribution < -0.4 is 5.63 Å². The minimum atomic E-state index is -0.566. The molecule has 4 heteroatoms. The van der Waals surface area contributed by atoms with E-state index in [1.54, 1.807) is 19.9 Å². The second-order valence-corrected chi connectivity index (χ2v) is 4.66. The van der Waals surface area contributed by atoms with Gasteiger partial charge in [0.2, 0.25) is 0 Å². The van der Waals surface area contributed by atoms with E-state index in [1.165, 1.54) is 6.07 Å². The first kappa shape index (κ1) is 12.6. The van der Waals surface area contributed by atoms with Crippen LogP contribution in [-0.2, 0) is 6.42 Å². The first-order valence-electron chi connectivity index (χ1n) is 5.84. The Morgan fingerprint density at radius 3 is 2.50 bits per heavy atom. The number of fused-ring (bicyclic) bond motifs is 1. The Balaban J connectivity index is 2.76. The number of aliphatic hydroxyl groups is 1. The molecule has 1 unspecified atom stereocenters. The lowest BCUT2D eigenvalue weighted by Gasteiger charge is -2.09. The monoisotopic (exact) mass is 248 g/mol. The van der Waals surface area contributed by atoms with Crippen LogP contribution in [0.3, 0.4) is 0 Å². The molecule has 0 fully saturated rings. The van der Waals surface area contributed by atoms with Crippen molar-refractivity contribution in [1.82, 2.24) is 0 Å². The predicted molar refractivity (Wildman–Crippen MR) is 69.0 cm³/mol. The highest BCUT2D eigenvalue weighted by Gasteiger charge is 2.12. The van der Waals surface area contributed by atoms with Gasteiger partial charge >= 0.3 is 5.63 Å². The fraction of sp³-hybridized carbons (Fsp3) is 0.357. The van der Waals surface area contributed by atoms with Gasteiger partial charge in [-0.3, -0.25) is 0 Å². The smallest absolute Gasteiger partial charge is 0.343 e. The van der Waals surface area contributed by atoms with Crippen molar-refractivity contribution < 1.29 is 14.6 Å². The molecule has 0 bridgehead atoms. The summed E-state index contributed by atoms with van der Waals surface area (Å²) in [6.45, 7) is 5.29. The minimum absolute atomic E-state index is 0.0931. The van der Waals surface area contributed by atoms with Gasteiger partial charge in [0.05, 0.1) is 11.5 Å². The normalized spacial score (nSPS) is 12.9. The molecule has 2 aromatic rings. The molecule has 96 valence electrons. The summed E-state index contributed by atoms with van der Waals surface area (Å²) in [7, 11) is 0. The van der Waals surface area contributed by atoms with Crippen LogP contribution in [0.15, 0.2) is 21.3 Å². The molecule has 18 heavy (non-hydrogen) atoms. The van der Waals surface area contributed by atoms with E-state index in [0.29, 0.717) is 17.6 Å². The molecule has 0 radical (unpaired) electrons. The van der Waals surface area contributed by atoms with Gasteiger partial charge in [0.1, 0.15) is 11.5 Å². The number of phenols is 1. The Morgan fingerprint density at radius 1 is 1.22 bits per heavy atom. The maximum absolute atomic E-state index is 11.8. The van der Waals surface area contributed by atoms with Gasteiger partial charge in [-0.2, -0.15) is 0 Å². The third kappa shape index (κ3) is 2.11. The Hall–Kier alpha value is -1.81. The first-order chi connectivity index (χ1) is 8.40. The van der Waals surface area contributed by atoms with Gasteiger partial charge in [-0.25, -0.2) is 4.79 Å². The van der Waals surface area contributed by atoms with Crippen molar-refractivity contribution in [2.75, 3.05) is 0 Å². The second kappa shape index (κ2) is 4.46. The minimum Gasteiger partial charge on any atom is -0.508 e. The van der Waals surface area contributed by atoms with Crippen molar-refractivity contribution in [2.45, 2.75) is 33.3 Å². The predicted octanol–water partition coefficient (Wildman–Crippen LogP) is 2.04. The Bertz CT molecular complexity index is 653. The molecule has 0 aliphatic heterocycles. The maximum atomic E-state index is 11.8. The Labute approximate surface area is 104 Å². The SMILES string of the molecule is Cc1c(O)cc2c(=O)oc(CC(C)O)cc2c1C. The molecule has 1 atom stereocenters. The lowest BCUT2D eigenvalue weighted by molar-refractivity contribution is 0.186. The van der Waals surface area contributed by atoms with E-state index in [0.717, 1.165) is 16.5 Å². The van der Waals surface area contributed by atoms with Crippen molar-refractivity contribution in [3.63, 3.8) is 0 Å². The number of aliphatic hydroxyl groups excluding tert-OH is 1. The van der Waals surface area contributed by atoms with Crippen molar-refractivity contribution >= 4 is 10.8 Å². The van der Waals surface area contributed by atoms with Crippen molar-refractivity contribution in [1.29, 1.82) is 0 Å². The van der Waals surface area contributed by atoms with Crippen LogP contribution in [0.2, 0.25) is 0 Å². The van der Waals surface area contributed by atoms with Crippen LogP contribution in [0.25, 0.3) is 10.8 Å².